The largest absolute Gasteiger partial charge is 0.504 e. The van der Waals surface area contributed by atoms with Crippen LogP contribution >= 0.6 is 0 Å². The van der Waals surface area contributed by atoms with Gasteiger partial charge in [-0.1, -0.05) is 266 Å². The molecule has 0 saturated heterocycles. The molecule has 0 spiro atoms. The summed E-state index contributed by atoms with van der Waals surface area (Å²) in [7, 11) is 11.8. The van der Waals surface area contributed by atoms with Gasteiger partial charge in [0.1, 0.15) is 0 Å². The third-order valence-corrected chi connectivity index (χ3v) is 17.7. The van der Waals surface area contributed by atoms with Gasteiger partial charge in [-0.05, 0) is 272 Å². The highest BCUT2D eigenvalue weighted by atomic mass is 16.5. The van der Waals surface area contributed by atoms with E-state index in [-0.39, 0.29) is 5.41 Å². The highest BCUT2D eigenvalue weighted by molar-refractivity contribution is 5.33. The zero-order valence-electron chi connectivity index (χ0n) is 72.4. The molecule has 0 bridgehead atoms. The lowest BCUT2D eigenvalue weighted by atomic mass is 9.86. The molecule has 7 aromatic carbocycles. The smallest absolute Gasteiger partial charge is 0.0817 e. The predicted octanol–water partition coefficient (Wildman–Crippen LogP) is 27.4. The minimum atomic E-state index is 0.232. The Balaban J connectivity index is 0.000000630. The standard InChI is InChI=1S/4C15H22O.2C14H20O.C13H18O/c1-12(11-16-5)10-13-6-8-14(9-7-13)15(2,3)4;1-12(2)9-14-5-7-15(8-6-14)10-13(3)11-16-4;1-5-13(3)15-8-6-14(7-9-15)10-12(2)11-16-4;1-4-5-6-14-7-9-15(10-8-14)11-13(2)12-16-3;1-11(2)14-7-5-13(6-8-14)9-12(3)10-15-4;1-4-5-13-6-8-14(9-7-13)10-12(2)11-15-3;1-4-12-5-7-13(8-6-12)9-11(2)10-14-3/h6-9,11H,10H2,1-5H3;5-8,11-12H,9-10H2,1-4H3;6-9,11,13H,5,10H2,1-4H3;7-10,12H,4-6,11H2,1-3H3;5-8,10-11H,9H2,1-4H3;6-9,11H,4-5,10H2,1-3H3;5-8,10H,4,9H2,1-3H3/b12-11+;13-11+;12-11+;13-12+;12-10+;12-11+;11-10+. The Morgan fingerprint density at radius 1 is 0.296 bits per heavy atom. The summed E-state index contributed by atoms with van der Waals surface area (Å²) < 4.78 is 34.9. The Morgan fingerprint density at radius 3 is 0.769 bits per heavy atom. The molecule has 108 heavy (non-hydrogen) atoms. The zero-order valence-corrected chi connectivity index (χ0v) is 72.4. The lowest BCUT2D eigenvalue weighted by molar-refractivity contribution is 0.333. The molecule has 0 heterocycles. The lowest BCUT2D eigenvalue weighted by Gasteiger charge is -2.19. The monoisotopic (exact) mass is 1470 g/mol. The maximum atomic E-state index is 4.99. The van der Waals surface area contributed by atoms with Crippen molar-refractivity contribution >= 4 is 0 Å². The summed E-state index contributed by atoms with van der Waals surface area (Å²) >= 11 is 0. The fourth-order valence-electron chi connectivity index (χ4n) is 11.8. The third-order valence-electron chi connectivity index (χ3n) is 17.7. The van der Waals surface area contributed by atoms with Crippen LogP contribution in [0.25, 0.3) is 0 Å². The summed E-state index contributed by atoms with van der Waals surface area (Å²) in [5, 5.41) is 0. The number of allylic oxidation sites excluding steroid dienone is 7. The molecule has 7 aromatic rings. The van der Waals surface area contributed by atoms with E-state index in [1.165, 1.54) is 155 Å². The number of rotatable bonds is 32. The summed E-state index contributed by atoms with van der Waals surface area (Å²) in [5.41, 5.74) is 28.3. The summed E-state index contributed by atoms with van der Waals surface area (Å²) in [6.45, 7) is 41.3. The van der Waals surface area contributed by atoms with Crippen molar-refractivity contribution < 1.29 is 33.2 Å². The molecule has 7 rings (SSSR count). The molecule has 1 unspecified atom stereocenters. The van der Waals surface area contributed by atoms with Crippen molar-refractivity contribution in [2.24, 2.45) is 5.92 Å². The molecular formula is C101H146O7. The van der Waals surface area contributed by atoms with Gasteiger partial charge in [0.05, 0.1) is 93.6 Å². The molecule has 0 aliphatic rings. The van der Waals surface area contributed by atoms with Crippen molar-refractivity contribution in [2.75, 3.05) is 49.8 Å². The van der Waals surface area contributed by atoms with Crippen molar-refractivity contribution in [1.29, 1.82) is 0 Å². The van der Waals surface area contributed by atoms with Gasteiger partial charge in [-0.2, -0.15) is 0 Å². The highest BCUT2D eigenvalue weighted by Crippen LogP contribution is 2.25. The molecule has 7 heteroatoms. The quantitative estimate of drug-likeness (QED) is 0.0389. The summed E-state index contributed by atoms with van der Waals surface area (Å²) in [6.07, 6.45) is 29.0. The van der Waals surface area contributed by atoms with E-state index in [0.29, 0.717) is 11.8 Å². The normalized spacial score (nSPS) is 12.1. The van der Waals surface area contributed by atoms with E-state index >= 15 is 0 Å². The van der Waals surface area contributed by atoms with Crippen LogP contribution in [-0.4, -0.2) is 49.8 Å². The van der Waals surface area contributed by atoms with Gasteiger partial charge < -0.3 is 33.2 Å². The van der Waals surface area contributed by atoms with Crippen LogP contribution in [0.5, 0.6) is 0 Å². The minimum Gasteiger partial charge on any atom is -0.504 e. The van der Waals surface area contributed by atoms with Crippen LogP contribution in [0.4, 0.5) is 0 Å². The molecule has 0 radical (unpaired) electrons. The molecule has 0 amide bonds. The molecule has 7 nitrogen and oxygen atoms in total. The van der Waals surface area contributed by atoms with Gasteiger partial charge >= 0.3 is 0 Å². The fourth-order valence-corrected chi connectivity index (χ4v) is 11.8. The van der Waals surface area contributed by atoms with E-state index < -0.39 is 0 Å². The Kier molecular flexibility index (Phi) is 52.6. The first-order valence-corrected chi connectivity index (χ1v) is 39.5. The topological polar surface area (TPSA) is 64.6 Å². The molecule has 592 valence electrons. The number of benzene rings is 7. The van der Waals surface area contributed by atoms with Crippen LogP contribution in [0.2, 0.25) is 0 Å². The van der Waals surface area contributed by atoms with Crippen molar-refractivity contribution in [3.05, 3.63) is 331 Å². The van der Waals surface area contributed by atoms with E-state index in [4.69, 9.17) is 33.2 Å². The van der Waals surface area contributed by atoms with E-state index in [1.807, 2.05) is 18.8 Å². The van der Waals surface area contributed by atoms with Crippen LogP contribution in [0.1, 0.15) is 247 Å². The highest BCUT2D eigenvalue weighted by Gasteiger charge is 2.13. The van der Waals surface area contributed by atoms with Crippen molar-refractivity contribution in [1.82, 2.24) is 0 Å². The number of unbranched alkanes of at least 4 members (excludes halogenated alkanes) is 1. The van der Waals surface area contributed by atoms with Gasteiger partial charge in [0.2, 0.25) is 0 Å². The van der Waals surface area contributed by atoms with E-state index in [9.17, 15) is 0 Å². The van der Waals surface area contributed by atoms with Gasteiger partial charge in [-0.25, -0.2) is 0 Å². The molecule has 0 N–H and O–H groups in total. The van der Waals surface area contributed by atoms with Crippen LogP contribution in [-0.2, 0) is 109 Å². The third kappa shape index (κ3) is 46.5. The molecule has 0 aliphatic heterocycles. The molecule has 1 atom stereocenters. The van der Waals surface area contributed by atoms with Gasteiger partial charge in [-0.15, -0.1) is 0 Å². The van der Waals surface area contributed by atoms with E-state index in [0.717, 1.165) is 63.7 Å². The Hall–Kier alpha value is -8.68. The predicted molar refractivity (Wildman–Crippen MR) is 468 cm³/mol. The maximum Gasteiger partial charge on any atom is 0.0817 e. The summed E-state index contributed by atoms with van der Waals surface area (Å²) in [4.78, 5) is 0. The first-order chi connectivity index (χ1) is 51.6. The Labute approximate surface area is 660 Å². The van der Waals surface area contributed by atoms with Gasteiger partial charge in [0.25, 0.3) is 0 Å². The average Bonchev–Trinajstić information content (AvgIpc) is 0.917. The molecule has 0 fully saturated rings. The zero-order chi connectivity index (χ0) is 80.7. The van der Waals surface area contributed by atoms with E-state index in [1.54, 1.807) is 74.8 Å². The first kappa shape index (κ1) is 97.3. The fraction of sp³-hybridized carbons (Fsp3) is 0.446. The van der Waals surface area contributed by atoms with Crippen molar-refractivity contribution in [2.45, 2.75) is 245 Å². The summed E-state index contributed by atoms with van der Waals surface area (Å²) in [5.74, 6) is 1.99. The lowest BCUT2D eigenvalue weighted by Crippen LogP contribution is -2.10. The van der Waals surface area contributed by atoms with Crippen molar-refractivity contribution in [3.8, 4) is 0 Å². The van der Waals surface area contributed by atoms with Crippen molar-refractivity contribution in [3.63, 3.8) is 0 Å². The molecular weight excluding hydrogens is 1330 g/mol. The Bertz CT molecular complexity index is 3640. The summed E-state index contributed by atoms with van der Waals surface area (Å²) in [6, 6.07) is 62.0. The molecule has 0 aromatic heterocycles. The van der Waals surface area contributed by atoms with Gasteiger partial charge in [0, 0.05) is 0 Å². The minimum absolute atomic E-state index is 0.232. The van der Waals surface area contributed by atoms with Gasteiger partial charge in [0.15, 0.2) is 0 Å². The van der Waals surface area contributed by atoms with Crippen LogP contribution in [0.15, 0.2) is 253 Å². The van der Waals surface area contributed by atoms with Crippen LogP contribution in [0.3, 0.4) is 0 Å². The molecule has 0 saturated carbocycles. The number of hydrogen-bond acceptors (Lipinski definition) is 7. The maximum absolute atomic E-state index is 4.99. The van der Waals surface area contributed by atoms with Gasteiger partial charge in [-0.3, -0.25) is 0 Å². The van der Waals surface area contributed by atoms with Crippen LogP contribution in [0, 0.1) is 5.92 Å². The second-order valence-corrected chi connectivity index (χ2v) is 30.6. The number of ether oxygens (including phenoxy) is 7. The number of methoxy groups -OCH3 is 7. The Morgan fingerprint density at radius 2 is 0.537 bits per heavy atom. The first-order valence-electron chi connectivity index (χ1n) is 39.5. The second-order valence-electron chi connectivity index (χ2n) is 30.6. The number of hydrogen-bond donors (Lipinski definition) is 0. The van der Waals surface area contributed by atoms with E-state index in [2.05, 4.69) is 301 Å². The average molecular weight is 1470 g/mol. The SMILES string of the molecule is CCC(C)c1ccc(C/C(C)=C/OC)cc1.CCCCc1ccc(C/C(C)=C/OC)cc1.CCCc1ccc(C/C(C)=C/OC)cc1.CCc1ccc(C/C(C)=C/OC)cc1.CO/C=C(\C)Cc1ccc(C(C)(C)C)cc1.CO/C=C(\C)Cc1ccc(C(C)C)cc1.CO/C=C(\C)Cc1ccc(CC(C)C)cc1. The number of aryl methyl sites for hydroxylation is 3. The second kappa shape index (κ2) is 58.4. The molecule has 0 aliphatic carbocycles. The van der Waals surface area contributed by atoms with Crippen LogP contribution < -0.4 is 0 Å².